The smallest absolute Gasteiger partial charge is 0.0726 e. The number of pyridine rings is 2. The second-order valence-corrected chi connectivity index (χ2v) is 3.76. The van der Waals surface area contributed by atoms with Gasteiger partial charge < -0.3 is 5.73 Å². The zero-order valence-corrected chi connectivity index (χ0v) is 9.35. The van der Waals surface area contributed by atoms with Crippen molar-refractivity contribution in [2.24, 2.45) is 0 Å². The van der Waals surface area contributed by atoms with E-state index in [1.54, 1.807) is 12.4 Å². The van der Waals surface area contributed by atoms with Crippen LogP contribution in [0.3, 0.4) is 0 Å². The van der Waals surface area contributed by atoms with Gasteiger partial charge in [-0.05, 0) is 30.7 Å². The van der Waals surface area contributed by atoms with Gasteiger partial charge in [0.05, 0.1) is 5.69 Å². The van der Waals surface area contributed by atoms with Crippen molar-refractivity contribution >= 4 is 5.69 Å². The van der Waals surface area contributed by atoms with E-state index in [1.807, 2.05) is 24.3 Å². The monoisotopic (exact) mass is 213 g/mol. The molecule has 82 valence electrons. The van der Waals surface area contributed by atoms with Crippen LogP contribution in [0.25, 0.3) is 11.3 Å². The summed E-state index contributed by atoms with van der Waals surface area (Å²) in [5.41, 5.74) is 9.67. The maximum atomic E-state index is 5.87. The van der Waals surface area contributed by atoms with Gasteiger partial charge in [0.1, 0.15) is 0 Å². The molecule has 2 aromatic rings. The van der Waals surface area contributed by atoms with Gasteiger partial charge in [0, 0.05) is 29.3 Å². The lowest BCUT2D eigenvalue weighted by Crippen LogP contribution is -1.96. The Morgan fingerprint density at radius 3 is 2.62 bits per heavy atom. The predicted octanol–water partition coefficient (Wildman–Crippen LogP) is 2.68. The molecular weight excluding hydrogens is 198 g/mol. The molecule has 2 aromatic heterocycles. The number of aromatic nitrogens is 2. The summed E-state index contributed by atoms with van der Waals surface area (Å²) in [5.74, 6) is 0. The zero-order valence-electron chi connectivity index (χ0n) is 9.35. The van der Waals surface area contributed by atoms with Crippen molar-refractivity contribution < 1.29 is 0 Å². The van der Waals surface area contributed by atoms with Crippen LogP contribution in [0.4, 0.5) is 5.69 Å². The Hall–Kier alpha value is -1.90. The van der Waals surface area contributed by atoms with Crippen LogP contribution in [0.1, 0.15) is 19.0 Å². The molecule has 0 spiro atoms. The predicted molar refractivity (Wildman–Crippen MR) is 65.9 cm³/mol. The largest absolute Gasteiger partial charge is 0.399 e. The van der Waals surface area contributed by atoms with E-state index in [1.165, 1.54) is 0 Å². The topological polar surface area (TPSA) is 51.8 Å². The Labute approximate surface area is 95.4 Å². The summed E-state index contributed by atoms with van der Waals surface area (Å²) >= 11 is 0. The molecule has 0 aliphatic rings. The summed E-state index contributed by atoms with van der Waals surface area (Å²) in [6, 6.07) is 7.72. The summed E-state index contributed by atoms with van der Waals surface area (Å²) < 4.78 is 0. The number of anilines is 1. The third kappa shape index (κ3) is 2.37. The van der Waals surface area contributed by atoms with Crippen molar-refractivity contribution in [3.05, 3.63) is 42.4 Å². The highest BCUT2D eigenvalue weighted by atomic mass is 14.7. The molecule has 0 bridgehead atoms. The van der Waals surface area contributed by atoms with Crippen molar-refractivity contribution in [3.63, 3.8) is 0 Å². The molecule has 2 rings (SSSR count). The summed E-state index contributed by atoms with van der Waals surface area (Å²) in [7, 11) is 0. The lowest BCUT2D eigenvalue weighted by molar-refractivity contribution is 0.885. The van der Waals surface area contributed by atoms with Crippen LogP contribution in [-0.2, 0) is 6.42 Å². The molecule has 0 aliphatic heterocycles. The van der Waals surface area contributed by atoms with Crippen LogP contribution in [0.5, 0.6) is 0 Å². The molecule has 3 heteroatoms. The Morgan fingerprint density at radius 1 is 1.19 bits per heavy atom. The van der Waals surface area contributed by atoms with Crippen molar-refractivity contribution in [3.8, 4) is 11.3 Å². The minimum Gasteiger partial charge on any atom is -0.399 e. The highest BCUT2D eigenvalue weighted by molar-refractivity contribution is 5.63. The Bertz CT molecular complexity index is 466. The zero-order chi connectivity index (χ0) is 11.4. The van der Waals surface area contributed by atoms with Crippen molar-refractivity contribution in [1.29, 1.82) is 0 Å². The Kier molecular flexibility index (Phi) is 3.15. The maximum absolute atomic E-state index is 5.87. The molecular formula is C13H15N3. The molecule has 2 heterocycles. The average Bonchev–Trinajstić information content (AvgIpc) is 2.30. The third-order valence-corrected chi connectivity index (χ3v) is 2.38. The average molecular weight is 213 g/mol. The van der Waals surface area contributed by atoms with Crippen LogP contribution in [0, 0.1) is 0 Å². The van der Waals surface area contributed by atoms with Gasteiger partial charge in [0.2, 0.25) is 0 Å². The lowest BCUT2D eigenvalue weighted by Gasteiger charge is -2.05. The molecule has 0 saturated carbocycles. The number of hydrogen-bond acceptors (Lipinski definition) is 3. The second-order valence-electron chi connectivity index (χ2n) is 3.76. The molecule has 2 N–H and O–H groups in total. The molecule has 0 unspecified atom stereocenters. The Balaban J connectivity index is 2.41. The molecule has 0 aromatic carbocycles. The molecule has 0 aliphatic carbocycles. The molecule has 0 saturated heterocycles. The van der Waals surface area contributed by atoms with Crippen molar-refractivity contribution in [2.75, 3.05) is 5.73 Å². The standard InChI is InChI=1S/C13H15N3/c1-2-3-12-8-11(14)9-13(16-12)10-4-6-15-7-5-10/h4-9H,2-3H2,1H3,(H2,14,16). The van der Waals surface area contributed by atoms with Gasteiger partial charge in [-0.2, -0.15) is 0 Å². The van der Waals surface area contributed by atoms with Crippen molar-refractivity contribution in [1.82, 2.24) is 9.97 Å². The first-order valence-electron chi connectivity index (χ1n) is 5.46. The van der Waals surface area contributed by atoms with Gasteiger partial charge in [-0.15, -0.1) is 0 Å². The fraction of sp³-hybridized carbons (Fsp3) is 0.231. The van der Waals surface area contributed by atoms with E-state index in [0.29, 0.717) is 0 Å². The van der Waals surface area contributed by atoms with E-state index in [4.69, 9.17) is 5.73 Å². The number of nitrogen functional groups attached to an aromatic ring is 1. The van der Waals surface area contributed by atoms with Gasteiger partial charge >= 0.3 is 0 Å². The number of nitrogens with zero attached hydrogens (tertiary/aromatic N) is 2. The van der Waals surface area contributed by atoms with Gasteiger partial charge in [-0.1, -0.05) is 13.3 Å². The summed E-state index contributed by atoms with van der Waals surface area (Å²) in [4.78, 5) is 8.58. The molecule has 3 nitrogen and oxygen atoms in total. The normalized spacial score (nSPS) is 10.3. The van der Waals surface area contributed by atoms with Crippen molar-refractivity contribution in [2.45, 2.75) is 19.8 Å². The Morgan fingerprint density at radius 2 is 1.94 bits per heavy atom. The molecule has 16 heavy (non-hydrogen) atoms. The van der Waals surface area contributed by atoms with Gasteiger partial charge in [0.25, 0.3) is 0 Å². The number of aryl methyl sites for hydroxylation is 1. The van der Waals surface area contributed by atoms with Crippen LogP contribution >= 0.6 is 0 Å². The first-order valence-corrected chi connectivity index (χ1v) is 5.46. The summed E-state index contributed by atoms with van der Waals surface area (Å²) in [6.07, 6.45) is 5.56. The fourth-order valence-corrected chi connectivity index (χ4v) is 1.67. The molecule has 0 fully saturated rings. The minimum atomic E-state index is 0.769. The quantitative estimate of drug-likeness (QED) is 0.852. The molecule has 0 radical (unpaired) electrons. The van der Waals surface area contributed by atoms with Crippen LogP contribution in [0.15, 0.2) is 36.7 Å². The van der Waals surface area contributed by atoms with Gasteiger partial charge in [0.15, 0.2) is 0 Å². The number of nitrogens with two attached hydrogens (primary N) is 1. The first-order chi connectivity index (χ1) is 7.79. The maximum Gasteiger partial charge on any atom is 0.0726 e. The van der Waals surface area contributed by atoms with Crippen LogP contribution in [0.2, 0.25) is 0 Å². The lowest BCUT2D eigenvalue weighted by atomic mass is 10.1. The highest BCUT2D eigenvalue weighted by Gasteiger charge is 2.02. The van der Waals surface area contributed by atoms with E-state index in [9.17, 15) is 0 Å². The van der Waals surface area contributed by atoms with E-state index in [0.717, 1.165) is 35.5 Å². The van der Waals surface area contributed by atoms with E-state index >= 15 is 0 Å². The second kappa shape index (κ2) is 4.75. The van der Waals surface area contributed by atoms with Crippen LogP contribution in [-0.4, -0.2) is 9.97 Å². The van der Waals surface area contributed by atoms with Gasteiger partial charge in [-0.3, -0.25) is 9.97 Å². The number of hydrogen-bond donors (Lipinski definition) is 1. The molecule has 0 amide bonds. The van der Waals surface area contributed by atoms with Gasteiger partial charge in [-0.25, -0.2) is 0 Å². The third-order valence-electron chi connectivity index (χ3n) is 2.38. The SMILES string of the molecule is CCCc1cc(N)cc(-c2ccncc2)n1. The van der Waals surface area contributed by atoms with E-state index in [2.05, 4.69) is 16.9 Å². The van der Waals surface area contributed by atoms with E-state index in [-0.39, 0.29) is 0 Å². The summed E-state index contributed by atoms with van der Waals surface area (Å²) in [5, 5.41) is 0. The van der Waals surface area contributed by atoms with Crippen LogP contribution < -0.4 is 5.73 Å². The minimum absolute atomic E-state index is 0.769. The number of rotatable bonds is 3. The summed E-state index contributed by atoms with van der Waals surface area (Å²) in [6.45, 7) is 2.14. The fourth-order valence-electron chi connectivity index (χ4n) is 1.67. The molecule has 0 atom stereocenters. The first kappa shape index (κ1) is 10.6. The van der Waals surface area contributed by atoms with E-state index < -0.39 is 0 Å². The highest BCUT2D eigenvalue weighted by Crippen LogP contribution is 2.19.